The van der Waals surface area contributed by atoms with Crippen LogP contribution in [0.15, 0.2) is 41.8 Å². The standard InChI is InChI=1S/C21H18N2O6S3/c1-29-17-13-18-20(21-15(17)9-11-30-21)22(10-4-12-32(26,27)28)19(31-18)8-7-14-5-2-3-6-16(14)23(24)25/h2-3,5-9,11,13H,4,10,12H2,1H3/b8-7+. The third-order valence-electron chi connectivity index (χ3n) is 4.93. The molecule has 2 aromatic carbocycles. The van der Waals surface area contributed by atoms with Crippen LogP contribution in [0.25, 0.3) is 32.5 Å². The zero-order valence-corrected chi connectivity index (χ0v) is 19.3. The van der Waals surface area contributed by atoms with Crippen LogP contribution in [0, 0.1) is 10.1 Å². The van der Waals surface area contributed by atoms with Gasteiger partial charge in [-0.25, -0.2) is 8.42 Å². The monoisotopic (exact) mass is 490 g/mol. The van der Waals surface area contributed by atoms with Gasteiger partial charge >= 0.3 is 0 Å². The first-order valence-electron chi connectivity index (χ1n) is 9.54. The molecule has 0 aliphatic rings. The summed E-state index contributed by atoms with van der Waals surface area (Å²) in [4.78, 5) is 10.9. The molecule has 0 amide bonds. The van der Waals surface area contributed by atoms with Crippen LogP contribution in [0.2, 0.25) is 0 Å². The summed E-state index contributed by atoms with van der Waals surface area (Å²) < 4.78 is 42.8. The van der Waals surface area contributed by atoms with Crippen molar-refractivity contribution >= 4 is 70.9 Å². The van der Waals surface area contributed by atoms with Crippen LogP contribution in [0.3, 0.4) is 0 Å². The highest BCUT2D eigenvalue weighted by Gasteiger charge is 2.24. The number of nitro groups is 1. The fourth-order valence-corrected chi connectivity index (χ4v) is 6.19. The molecule has 2 heterocycles. The van der Waals surface area contributed by atoms with Crippen molar-refractivity contribution in [3.63, 3.8) is 0 Å². The van der Waals surface area contributed by atoms with Gasteiger partial charge in [-0.05, 0) is 23.6 Å². The maximum atomic E-state index is 11.3. The van der Waals surface area contributed by atoms with E-state index in [0.717, 1.165) is 31.1 Å². The highest BCUT2D eigenvalue weighted by Crippen LogP contribution is 2.38. The molecule has 166 valence electrons. The van der Waals surface area contributed by atoms with Crippen LogP contribution >= 0.6 is 22.7 Å². The molecule has 0 radical (unpaired) electrons. The van der Waals surface area contributed by atoms with Gasteiger partial charge in [0.15, 0.2) is 6.54 Å². The number of para-hydroxylation sites is 1. The Labute approximate surface area is 191 Å². The molecule has 0 unspecified atom stereocenters. The summed E-state index contributed by atoms with van der Waals surface area (Å²) in [6.45, 7) is 0.317. The summed E-state index contributed by atoms with van der Waals surface area (Å²) in [6, 6.07) is 10.3. The quantitative estimate of drug-likeness (QED) is 0.156. The van der Waals surface area contributed by atoms with E-state index < -0.39 is 20.8 Å². The Kier molecular flexibility index (Phi) is 6.24. The highest BCUT2D eigenvalue weighted by molar-refractivity contribution is 7.85. The molecule has 8 nitrogen and oxygen atoms in total. The van der Waals surface area contributed by atoms with Gasteiger partial charge in [-0.1, -0.05) is 23.5 Å². The molecular formula is C21H18N2O6S3. The Morgan fingerprint density at radius 2 is 2.00 bits per heavy atom. The van der Waals surface area contributed by atoms with E-state index in [4.69, 9.17) is 4.74 Å². The number of benzene rings is 2. The number of aryl methyl sites for hydroxylation is 1. The predicted molar refractivity (Wildman–Crippen MR) is 125 cm³/mol. The molecule has 2 aromatic heterocycles. The number of rotatable bonds is 8. The normalized spacial score (nSPS) is 12.2. The van der Waals surface area contributed by atoms with Crippen molar-refractivity contribution in [3.8, 4) is 5.75 Å². The van der Waals surface area contributed by atoms with Gasteiger partial charge in [0.25, 0.3) is 10.7 Å². The number of methoxy groups -OCH3 is 1. The third kappa shape index (κ3) is 4.51. The largest absolute Gasteiger partial charge is 0.748 e. The van der Waals surface area contributed by atoms with Gasteiger partial charge in [-0.15, -0.1) is 11.3 Å². The maximum Gasteiger partial charge on any atom is 0.276 e. The minimum Gasteiger partial charge on any atom is -0.748 e. The molecule has 0 aliphatic carbocycles. The number of aromatic nitrogens is 1. The second-order valence-electron chi connectivity index (χ2n) is 6.95. The van der Waals surface area contributed by atoms with Crippen molar-refractivity contribution in [3.05, 3.63) is 62.5 Å². The Morgan fingerprint density at radius 3 is 2.72 bits per heavy atom. The van der Waals surface area contributed by atoms with Gasteiger partial charge in [0, 0.05) is 35.8 Å². The molecule has 11 heteroatoms. The van der Waals surface area contributed by atoms with Crippen molar-refractivity contribution < 1.29 is 27.2 Å². The second-order valence-corrected chi connectivity index (χ2v) is 10.4. The van der Waals surface area contributed by atoms with Crippen LogP contribution in [-0.4, -0.2) is 30.8 Å². The van der Waals surface area contributed by atoms with Crippen LogP contribution in [0.4, 0.5) is 5.69 Å². The fourth-order valence-electron chi connectivity index (χ4n) is 3.55. The van der Waals surface area contributed by atoms with E-state index in [1.807, 2.05) is 22.1 Å². The van der Waals surface area contributed by atoms with Crippen molar-refractivity contribution in [2.45, 2.75) is 13.0 Å². The van der Waals surface area contributed by atoms with Crippen LogP contribution in [-0.2, 0) is 16.7 Å². The van der Waals surface area contributed by atoms with Crippen molar-refractivity contribution in [2.75, 3.05) is 12.9 Å². The van der Waals surface area contributed by atoms with Crippen molar-refractivity contribution in [1.29, 1.82) is 0 Å². The third-order valence-corrected chi connectivity index (χ3v) is 7.73. The Hall–Kier alpha value is -2.86. The van der Waals surface area contributed by atoms with Crippen molar-refractivity contribution in [2.24, 2.45) is 0 Å². The molecule has 0 aliphatic heterocycles. The zero-order chi connectivity index (χ0) is 22.9. The van der Waals surface area contributed by atoms with E-state index in [9.17, 15) is 23.1 Å². The average Bonchev–Trinajstić information content (AvgIpc) is 3.35. The SMILES string of the molecule is COc1cc2sc(/C=C/c3ccccc3[N+](=O)[O-])[n+](CCCS(=O)(=O)[O-])c2c2sccc12. The van der Waals surface area contributed by atoms with Crippen LogP contribution < -0.4 is 9.30 Å². The highest BCUT2D eigenvalue weighted by atomic mass is 32.2. The molecule has 0 bridgehead atoms. The molecule has 0 saturated heterocycles. The first-order chi connectivity index (χ1) is 15.3. The number of hydrogen-bond acceptors (Lipinski definition) is 8. The molecule has 32 heavy (non-hydrogen) atoms. The minimum atomic E-state index is -4.33. The van der Waals surface area contributed by atoms with E-state index in [-0.39, 0.29) is 12.1 Å². The Bertz CT molecular complexity index is 1450. The van der Waals surface area contributed by atoms with Crippen LogP contribution in [0.5, 0.6) is 5.75 Å². The molecule has 0 atom stereocenters. The van der Waals surface area contributed by atoms with Gasteiger partial charge in [-0.3, -0.25) is 10.1 Å². The van der Waals surface area contributed by atoms with Gasteiger partial charge in [-0.2, -0.15) is 4.57 Å². The zero-order valence-electron chi connectivity index (χ0n) is 16.9. The Balaban J connectivity index is 1.85. The van der Waals surface area contributed by atoms with E-state index >= 15 is 0 Å². The van der Waals surface area contributed by atoms with Crippen molar-refractivity contribution in [1.82, 2.24) is 0 Å². The van der Waals surface area contributed by atoms with Crippen LogP contribution in [0.1, 0.15) is 17.0 Å². The molecule has 4 rings (SSSR count). The number of nitro benzene ring substituents is 1. The lowest BCUT2D eigenvalue weighted by molar-refractivity contribution is -0.667. The first kappa shape index (κ1) is 22.3. The number of hydrogen-bond donors (Lipinski definition) is 0. The molecule has 0 N–H and O–H groups in total. The topological polar surface area (TPSA) is 113 Å². The second kappa shape index (κ2) is 8.94. The summed E-state index contributed by atoms with van der Waals surface area (Å²) in [5.74, 6) is 0.271. The Morgan fingerprint density at radius 1 is 1.22 bits per heavy atom. The smallest absolute Gasteiger partial charge is 0.276 e. The predicted octanol–water partition coefficient (Wildman–Crippen LogP) is 4.43. The number of ether oxygens (including phenoxy) is 1. The van der Waals surface area contributed by atoms with Gasteiger partial charge in [0.05, 0.1) is 27.7 Å². The molecule has 0 fully saturated rings. The summed E-state index contributed by atoms with van der Waals surface area (Å²) in [7, 11) is -2.72. The molecular weight excluding hydrogens is 472 g/mol. The lowest BCUT2D eigenvalue weighted by atomic mass is 10.1. The summed E-state index contributed by atoms with van der Waals surface area (Å²) in [5.41, 5.74) is 1.38. The molecule has 4 aromatic rings. The fraction of sp³-hybridized carbons (Fsp3) is 0.190. The number of thiophene rings is 1. The minimum absolute atomic E-state index is 0.00354. The summed E-state index contributed by atoms with van der Waals surface area (Å²) in [5, 5.41) is 15.0. The lowest BCUT2D eigenvalue weighted by Gasteiger charge is -2.05. The maximum absolute atomic E-state index is 11.3. The number of fused-ring (bicyclic) bond motifs is 3. The summed E-state index contributed by atoms with van der Waals surface area (Å²) in [6.07, 6.45) is 3.62. The van der Waals surface area contributed by atoms with E-state index in [2.05, 4.69) is 0 Å². The van der Waals surface area contributed by atoms with E-state index in [1.165, 1.54) is 17.4 Å². The van der Waals surface area contributed by atoms with E-state index in [1.54, 1.807) is 48.8 Å². The summed E-state index contributed by atoms with van der Waals surface area (Å²) >= 11 is 3.01. The molecule has 0 spiro atoms. The lowest BCUT2D eigenvalue weighted by Crippen LogP contribution is -2.36. The number of thiazole rings is 1. The number of nitrogens with zero attached hydrogens (tertiary/aromatic N) is 2. The van der Waals surface area contributed by atoms with Gasteiger partial charge < -0.3 is 9.29 Å². The molecule has 0 saturated carbocycles. The van der Waals surface area contributed by atoms with Gasteiger partial charge in [0.2, 0.25) is 5.52 Å². The first-order valence-corrected chi connectivity index (χ1v) is 12.8. The van der Waals surface area contributed by atoms with E-state index in [0.29, 0.717) is 12.1 Å². The van der Waals surface area contributed by atoms with Gasteiger partial charge in [0.1, 0.15) is 15.1 Å². The average molecular weight is 491 g/mol.